The number of hydrogen-bond acceptors (Lipinski definition) is 7. The number of nitrogens with zero attached hydrogens (tertiary/aromatic N) is 1. The molecule has 0 radical (unpaired) electrons. The normalized spacial score (nSPS) is 15.2. The van der Waals surface area contributed by atoms with Crippen molar-refractivity contribution in [3.63, 3.8) is 0 Å². The predicted octanol–water partition coefficient (Wildman–Crippen LogP) is 4.33. The summed E-state index contributed by atoms with van der Waals surface area (Å²) in [6, 6.07) is 13.1. The zero-order valence-corrected chi connectivity index (χ0v) is 18.2. The number of anilines is 1. The number of Topliss-reactive ketones (excluding diaryl/α,β-unsaturated/α-hetero) is 1. The number of carbonyl (C=O) groups is 2. The summed E-state index contributed by atoms with van der Waals surface area (Å²) in [4.78, 5) is 30.7. The summed E-state index contributed by atoms with van der Waals surface area (Å²) < 4.78 is 15.9. The molecule has 0 bridgehead atoms. The molecule has 1 aliphatic rings. The number of ketones is 1. The zero-order chi connectivity index (χ0) is 22.0. The van der Waals surface area contributed by atoms with Gasteiger partial charge in [0, 0.05) is 12.0 Å². The first-order chi connectivity index (χ1) is 15.0. The second-order valence-corrected chi connectivity index (χ2v) is 8.10. The van der Waals surface area contributed by atoms with E-state index < -0.39 is 0 Å². The summed E-state index contributed by atoms with van der Waals surface area (Å²) >= 11 is 1.21. The molecule has 0 saturated carbocycles. The number of ether oxygens (including phenoxy) is 3. The Morgan fingerprint density at radius 2 is 1.71 bits per heavy atom. The van der Waals surface area contributed by atoms with Crippen molar-refractivity contribution in [1.29, 1.82) is 0 Å². The van der Waals surface area contributed by atoms with Crippen LogP contribution in [-0.4, -0.2) is 38.0 Å². The van der Waals surface area contributed by atoms with Gasteiger partial charge in [-0.05, 0) is 30.0 Å². The Kier molecular flexibility index (Phi) is 5.90. The molecule has 0 aliphatic heterocycles. The number of amides is 1. The summed E-state index contributed by atoms with van der Waals surface area (Å²) in [6.07, 6.45) is 1.11. The lowest BCUT2D eigenvalue weighted by atomic mass is 9.85. The fourth-order valence-corrected chi connectivity index (χ4v) is 4.66. The van der Waals surface area contributed by atoms with E-state index in [1.54, 1.807) is 12.1 Å². The molecule has 4 rings (SSSR count). The van der Waals surface area contributed by atoms with Crippen LogP contribution in [0.4, 0.5) is 5.13 Å². The molecule has 3 aromatic rings. The molecule has 1 amide bonds. The van der Waals surface area contributed by atoms with Crippen molar-refractivity contribution < 1.29 is 23.8 Å². The third-order valence-electron chi connectivity index (χ3n) is 5.24. The van der Waals surface area contributed by atoms with Crippen molar-refractivity contribution in [2.75, 3.05) is 26.6 Å². The molecular formula is C23H22N2O5S. The quantitative estimate of drug-likeness (QED) is 0.616. The van der Waals surface area contributed by atoms with Crippen LogP contribution in [0, 0.1) is 0 Å². The SMILES string of the molecule is COc1cc(C(=O)Nc2nc3c(s2)C(=O)CC(c2ccccc2)C3)cc(OC)c1OC. The van der Waals surface area contributed by atoms with Crippen molar-refractivity contribution >= 4 is 28.2 Å². The molecule has 1 unspecified atom stereocenters. The first-order valence-corrected chi connectivity index (χ1v) is 10.5. The van der Waals surface area contributed by atoms with Gasteiger partial charge in [-0.15, -0.1) is 0 Å². The van der Waals surface area contributed by atoms with Gasteiger partial charge in [-0.3, -0.25) is 14.9 Å². The summed E-state index contributed by atoms with van der Waals surface area (Å²) in [5, 5.41) is 3.19. The molecule has 31 heavy (non-hydrogen) atoms. The van der Waals surface area contributed by atoms with Gasteiger partial charge in [0.25, 0.3) is 5.91 Å². The van der Waals surface area contributed by atoms with Crippen LogP contribution >= 0.6 is 11.3 Å². The molecule has 1 heterocycles. The van der Waals surface area contributed by atoms with Gasteiger partial charge in [0.15, 0.2) is 22.4 Å². The highest BCUT2D eigenvalue weighted by Crippen LogP contribution is 2.39. The molecule has 2 aromatic carbocycles. The molecule has 160 valence electrons. The lowest BCUT2D eigenvalue weighted by Gasteiger charge is -2.20. The Hall–Kier alpha value is -3.39. The molecule has 1 N–H and O–H groups in total. The minimum absolute atomic E-state index is 0.0564. The number of thiazole rings is 1. The van der Waals surface area contributed by atoms with E-state index in [-0.39, 0.29) is 17.6 Å². The summed E-state index contributed by atoms with van der Waals surface area (Å²) in [5.74, 6) is 0.946. The highest BCUT2D eigenvalue weighted by molar-refractivity contribution is 7.17. The first kappa shape index (κ1) is 20.9. The van der Waals surface area contributed by atoms with Crippen LogP contribution in [0.5, 0.6) is 17.2 Å². The number of hydrogen-bond donors (Lipinski definition) is 1. The van der Waals surface area contributed by atoms with Gasteiger partial charge in [-0.2, -0.15) is 0 Å². The molecule has 7 nitrogen and oxygen atoms in total. The monoisotopic (exact) mass is 438 g/mol. The van der Waals surface area contributed by atoms with Gasteiger partial charge in [0.2, 0.25) is 5.75 Å². The van der Waals surface area contributed by atoms with Crippen LogP contribution in [0.3, 0.4) is 0 Å². The Bertz CT molecular complexity index is 1100. The van der Waals surface area contributed by atoms with Crippen LogP contribution in [0.15, 0.2) is 42.5 Å². The topological polar surface area (TPSA) is 86.8 Å². The van der Waals surface area contributed by atoms with E-state index in [4.69, 9.17) is 14.2 Å². The van der Waals surface area contributed by atoms with E-state index in [0.29, 0.717) is 45.7 Å². The Labute approximate surface area is 184 Å². The Morgan fingerprint density at radius 1 is 1.03 bits per heavy atom. The second-order valence-electron chi connectivity index (χ2n) is 7.10. The van der Waals surface area contributed by atoms with Crippen LogP contribution in [0.1, 0.15) is 43.6 Å². The molecular weight excluding hydrogens is 416 g/mol. The van der Waals surface area contributed by atoms with E-state index in [1.165, 1.54) is 32.7 Å². The van der Waals surface area contributed by atoms with Crippen molar-refractivity contribution in [3.8, 4) is 17.2 Å². The van der Waals surface area contributed by atoms with Gasteiger partial charge in [0.05, 0.1) is 31.9 Å². The maximum absolute atomic E-state index is 12.8. The maximum atomic E-state index is 12.8. The number of fused-ring (bicyclic) bond motifs is 1. The number of rotatable bonds is 6. The number of aromatic nitrogens is 1. The summed E-state index contributed by atoms with van der Waals surface area (Å²) in [7, 11) is 4.48. The van der Waals surface area contributed by atoms with Gasteiger partial charge in [-0.25, -0.2) is 4.98 Å². The maximum Gasteiger partial charge on any atom is 0.257 e. The third kappa shape index (κ3) is 4.11. The number of benzene rings is 2. The van der Waals surface area contributed by atoms with Crippen molar-refractivity contribution in [3.05, 3.63) is 64.2 Å². The van der Waals surface area contributed by atoms with E-state index in [0.717, 1.165) is 11.3 Å². The average molecular weight is 439 g/mol. The van der Waals surface area contributed by atoms with Crippen LogP contribution in [-0.2, 0) is 6.42 Å². The predicted molar refractivity (Wildman–Crippen MR) is 118 cm³/mol. The fraction of sp³-hybridized carbons (Fsp3) is 0.261. The largest absolute Gasteiger partial charge is 0.493 e. The number of nitrogens with one attached hydrogen (secondary N) is 1. The van der Waals surface area contributed by atoms with Crippen LogP contribution in [0.2, 0.25) is 0 Å². The first-order valence-electron chi connectivity index (χ1n) is 9.73. The molecule has 0 fully saturated rings. The van der Waals surface area contributed by atoms with Gasteiger partial charge < -0.3 is 14.2 Å². The second kappa shape index (κ2) is 8.77. The molecule has 0 saturated heterocycles. The zero-order valence-electron chi connectivity index (χ0n) is 17.4. The average Bonchev–Trinajstić information content (AvgIpc) is 3.21. The lowest BCUT2D eigenvalue weighted by molar-refractivity contribution is 0.0967. The van der Waals surface area contributed by atoms with Crippen molar-refractivity contribution in [2.24, 2.45) is 0 Å². The summed E-state index contributed by atoms with van der Waals surface area (Å²) in [5.41, 5.74) is 2.18. The van der Waals surface area contributed by atoms with E-state index in [2.05, 4.69) is 10.3 Å². The molecule has 1 atom stereocenters. The van der Waals surface area contributed by atoms with E-state index >= 15 is 0 Å². The minimum atomic E-state index is -0.377. The highest BCUT2D eigenvalue weighted by atomic mass is 32.1. The molecule has 1 aromatic heterocycles. The van der Waals surface area contributed by atoms with Crippen LogP contribution in [0.25, 0.3) is 0 Å². The smallest absolute Gasteiger partial charge is 0.257 e. The van der Waals surface area contributed by atoms with Crippen molar-refractivity contribution in [1.82, 2.24) is 4.98 Å². The Morgan fingerprint density at radius 3 is 2.32 bits per heavy atom. The van der Waals surface area contributed by atoms with E-state index in [1.807, 2.05) is 30.3 Å². The Balaban J connectivity index is 1.57. The number of methoxy groups -OCH3 is 3. The third-order valence-corrected chi connectivity index (χ3v) is 6.29. The minimum Gasteiger partial charge on any atom is -0.493 e. The van der Waals surface area contributed by atoms with Gasteiger partial charge in [-0.1, -0.05) is 41.7 Å². The van der Waals surface area contributed by atoms with Gasteiger partial charge >= 0.3 is 0 Å². The standard InChI is InChI=1S/C23H22N2O5S/c1-28-18-11-15(12-19(29-2)20(18)30-3)22(27)25-23-24-16-9-14(10-17(26)21(16)31-23)13-7-5-4-6-8-13/h4-8,11-12,14H,9-10H2,1-3H3,(H,24,25,27). The highest BCUT2D eigenvalue weighted by Gasteiger charge is 2.30. The molecule has 0 spiro atoms. The fourth-order valence-electron chi connectivity index (χ4n) is 3.73. The molecule has 1 aliphatic carbocycles. The van der Waals surface area contributed by atoms with Crippen LogP contribution < -0.4 is 19.5 Å². The van der Waals surface area contributed by atoms with Crippen molar-refractivity contribution in [2.45, 2.75) is 18.8 Å². The van der Waals surface area contributed by atoms with E-state index in [9.17, 15) is 9.59 Å². The van der Waals surface area contributed by atoms with Gasteiger partial charge in [0.1, 0.15) is 0 Å². The number of carbonyl (C=O) groups excluding carboxylic acids is 2. The summed E-state index contributed by atoms with van der Waals surface area (Å²) in [6.45, 7) is 0. The molecule has 8 heteroatoms. The lowest BCUT2D eigenvalue weighted by Crippen LogP contribution is -2.17.